The maximum Gasteiger partial charge on any atom is 0.0451 e. The van der Waals surface area contributed by atoms with E-state index < -0.39 is 0 Å². The third kappa shape index (κ3) is 5.45. The second-order valence-electron chi connectivity index (χ2n) is 6.03. The molecule has 0 aliphatic carbocycles. The number of piperidine rings is 1. The molecule has 0 aromatic carbocycles. The van der Waals surface area contributed by atoms with Crippen molar-refractivity contribution in [3.63, 3.8) is 0 Å². The van der Waals surface area contributed by atoms with E-state index in [0.29, 0.717) is 0 Å². The van der Waals surface area contributed by atoms with Crippen molar-refractivity contribution in [3.05, 3.63) is 60.3 Å². The first-order valence-corrected chi connectivity index (χ1v) is 10.1. The van der Waals surface area contributed by atoms with E-state index in [1.807, 2.05) is 30.2 Å². The van der Waals surface area contributed by atoms with Crippen LogP contribution in [0.15, 0.2) is 49.1 Å². The van der Waals surface area contributed by atoms with Gasteiger partial charge in [-0.25, -0.2) is 0 Å². The number of hydrogen-bond acceptors (Lipinski definition) is 4. The summed E-state index contributed by atoms with van der Waals surface area (Å²) in [5, 5.41) is 3.14. The van der Waals surface area contributed by atoms with Crippen molar-refractivity contribution in [3.8, 4) is 0 Å². The van der Waals surface area contributed by atoms with E-state index in [2.05, 4.69) is 47.1 Å². The first kappa shape index (κ1) is 18.7. The Hall–Kier alpha value is -1.68. The Labute approximate surface area is 150 Å². The quantitative estimate of drug-likeness (QED) is 0.699. The molecule has 2 heterocycles. The number of aryl methyl sites for hydroxylation is 1. The van der Waals surface area contributed by atoms with Gasteiger partial charge in [0.05, 0.1) is 0 Å². The molecular formula is C20H29N3S. The van der Waals surface area contributed by atoms with E-state index >= 15 is 0 Å². The highest BCUT2D eigenvalue weighted by Gasteiger charge is 2.14. The van der Waals surface area contributed by atoms with Gasteiger partial charge in [0.25, 0.3) is 0 Å². The Balaban J connectivity index is 2.35. The number of aromatic nitrogens is 1. The molecule has 130 valence electrons. The van der Waals surface area contributed by atoms with Gasteiger partial charge in [-0.1, -0.05) is 12.6 Å². The monoisotopic (exact) mass is 343 g/mol. The minimum Gasteiger partial charge on any atom is -0.375 e. The van der Waals surface area contributed by atoms with Gasteiger partial charge in [0.1, 0.15) is 0 Å². The van der Waals surface area contributed by atoms with Gasteiger partial charge in [0, 0.05) is 48.0 Å². The highest BCUT2D eigenvalue weighted by molar-refractivity contribution is 7.98. The van der Waals surface area contributed by atoms with Crippen LogP contribution in [-0.2, 0) is 0 Å². The van der Waals surface area contributed by atoms with Gasteiger partial charge in [0.2, 0.25) is 0 Å². The van der Waals surface area contributed by atoms with E-state index in [9.17, 15) is 0 Å². The van der Waals surface area contributed by atoms with Crippen molar-refractivity contribution in [1.82, 2.24) is 15.2 Å². The molecule has 1 N–H and O–H groups in total. The largest absolute Gasteiger partial charge is 0.375 e. The Morgan fingerprint density at radius 1 is 1.38 bits per heavy atom. The predicted molar refractivity (Wildman–Crippen MR) is 107 cm³/mol. The topological polar surface area (TPSA) is 28.2 Å². The minimum absolute atomic E-state index is 1.05. The van der Waals surface area contributed by atoms with Gasteiger partial charge < -0.3 is 10.2 Å². The number of allylic oxidation sites excluding steroid dienone is 3. The summed E-state index contributed by atoms with van der Waals surface area (Å²) in [5.41, 5.74) is 4.82. The fourth-order valence-electron chi connectivity index (χ4n) is 3.02. The van der Waals surface area contributed by atoms with Crippen LogP contribution in [0.5, 0.6) is 0 Å². The summed E-state index contributed by atoms with van der Waals surface area (Å²) in [5.74, 6) is 1.15. The van der Waals surface area contributed by atoms with Crippen molar-refractivity contribution in [1.29, 1.82) is 0 Å². The van der Waals surface area contributed by atoms with Crippen LogP contribution in [-0.4, -0.2) is 35.0 Å². The third-order valence-electron chi connectivity index (χ3n) is 4.32. The Morgan fingerprint density at radius 2 is 2.17 bits per heavy atom. The number of nitrogens with one attached hydrogen (secondary N) is 1. The highest BCUT2D eigenvalue weighted by atomic mass is 32.2. The van der Waals surface area contributed by atoms with Crippen LogP contribution < -0.4 is 5.32 Å². The second kappa shape index (κ2) is 10.2. The molecule has 2 rings (SSSR count). The Kier molecular flexibility index (Phi) is 7.96. The van der Waals surface area contributed by atoms with Crippen molar-refractivity contribution in [2.75, 3.05) is 25.1 Å². The molecule has 0 radical (unpaired) electrons. The van der Waals surface area contributed by atoms with Crippen LogP contribution in [0, 0.1) is 6.92 Å². The van der Waals surface area contributed by atoms with E-state index in [-0.39, 0.29) is 0 Å². The fraction of sp³-hybridized carbons (Fsp3) is 0.450. The highest BCUT2D eigenvalue weighted by Crippen LogP contribution is 2.25. The molecule has 1 aromatic rings. The number of thioether (sulfide) groups is 1. The predicted octanol–water partition coefficient (Wildman–Crippen LogP) is 4.59. The molecular weight excluding hydrogens is 314 g/mol. The van der Waals surface area contributed by atoms with Gasteiger partial charge >= 0.3 is 0 Å². The Bertz CT molecular complexity index is 586. The minimum atomic E-state index is 1.05. The standard InChI is InChI=1S/C20H29N3S/c1-4-21-16-18(20-9-8-11-22-17(20)2)15-19(10-14-24-3)23-12-6-5-7-13-23/h4,8-9,11,15-16,21H,1,5-7,10,12-14H2,2-3H3/b18-16+,19-15+. The lowest BCUT2D eigenvalue weighted by atomic mass is 10.0. The van der Waals surface area contributed by atoms with Crippen LogP contribution >= 0.6 is 11.8 Å². The molecule has 0 atom stereocenters. The maximum absolute atomic E-state index is 4.45. The smallest absolute Gasteiger partial charge is 0.0451 e. The lowest BCUT2D eigenvalue weighted by Gasteiger charge is -2.31. The lowest BCUT2D eigenvalue weighted by molar-refractivity contribution is 0.279. The van der Waals surface area contributed by atoms with Gasteiger partial charge in [-0.2, -0.15) is 11.8 Å². The number of hydrogen-bond donors (Lipinski definition) is 1. The molecule has 1 fully saturated rings. The van der Waals surface area contributed by atoms with E-state index in [4.69, 9.17) is 0 Å². The summed E-state index contributed by atoms with van der Waals surface area (Å²) >= 11 is 1.91. The average molecular weight is 344 g/mol. The first-order chi connectivity index (χ1) is 11.8. The molecule has 0 spiro atoms. The summed E-state index contributed by atoms with van der Waals surface area (Å²) in [6, 6.07) is 4.14. The average Bonchev–Trinajstić information content (AvgIpc) is 2.63. The molecule has 1 aliphatic heterocycles. The van der Waals surface area contributed by atoms with Crippen LogP contribution in [0.25, 0.3) is 5.57 Å². The molecule has 0 saturated carbocycles. The summed E-state index contributed by atoms with van der Waals surface area (Å²) < 4.78 is 0. The molecule has 3 nitrogen and oxygen atoms in total. The third-order valence-corrected chi connectivity index (χ3v) is 4.93. The zero-order valence-electron chi connectivity index (χ0n) is 14.9. The SMILES string of the molecule is C=CN/C=C(\C=C(/CCSC)N1CCCCC1)c1cccnc1C. The fourth-order valence-corrected chi connectivity index (χ4v) is 3.44. The lowest BCUT2D eigenvalue weighted by Crippen LogP contribution is -2.29. The normalized spacial score (nSPS) is 16.2. The van der Waals surface area contributed by atoms with Crippen LogP contribution in [0.3, 0.4) is 0 Å². The first-order valence-electron chi connectivity index (χ1n) is 8.70. The molecule has 0 unspecified atom stereocenters. The van der Waals surface area contributed by atoms with Crippen molar-refractivity contribution in [2.45, 2.75) is 32.6 Å². The van der Waals surface area contributed by atoms with E-state index in [1.165, 1.54) is 49.2 Å². The van der Waals surface area contributed by atoms with E-state index in [0.717, 1.165) is 17.9 Å². The van der Waals surface area contributed by atoms with Crippen molar-refractivity contribution < 1.29 is 0 Å². The van der Waals surface area contributed by atoms with Crippen LogP contribution in [0.1, 0.15) is 36.9 Å². The van der Waals surface area contributed by atoms with Gasteiger partial charge in [-0.3, -0.25) is 4.98 Å². The van der Waals surface area contributed by atoms with Crippen LogP contribution in [0.2, 0.25) is 0 Å². The van der Waals surface area contributed by atoms with Gasteiger partial charge in [-0.05, 0) is 63.0 Å². The van der Waals surface area contributed by atoms with Crippen LogP contribution in [0.4, 0.5) is 0 Å². The van der Waals surface area contributed by atoms with Crippen molar-refractivity contribution >= 4 is 17.3 Å². The second-order valence-corrected chi connectivity index (χ2v) is 7.02. The summed E-state index contributed by atoms with van der Waals surface area (Å²) in [7, 11) is 0. The zero-order valence-corrected chi connectivity index (χ0v) is 15.7. The summed E-state index contributed by atoms with van der Waals surface area (Å²) in [4.78, 5) is 7.01. The number of pyridine rings is 1. The number of nitrogens with zero attached hydrogens (tertiary/aromatic N) is 2. The molecule has 4 heteroatoms. The molecule has 0 bridgehead atoms. The molecule has 24 heavy (non-hydrogen) atoms. The maximum atomic E-state index is 4.45. The summed E-state index contributed by atoms with van der Waals surface area (Å²) in [6.45, 7) is 8.17. The molecule has 1 aliphatic rings. The van der Waals surface area contributed by atoms with Gasteiger partial charge in [0.15, 0.2) is 0 Å². The zero-order chi connectivity index (χ0) is 17.2. The Morgan fingerprint density at radius 3 is 2.83 bits per heavy atom. The van der Waals surface area contributed by atoms with Gasteiger partial charge in [-0.15, -0.1) is 0 Å². The van der Waals surface area contributed by atoms with Crippen molar-refractivity contribution in [2.24, 2.45) is 0 Å². The number of rotatable bonds is 8. The molecule has 1 aromatic heterocycles. The molecule has 1 saturated heterocycles. The van der Waals surface area contributed by atoms with E-state index in [1.54, 1.807) is 6.20 Å². The summed E-state index contributed by atoms with van der Waals surface area (Å²) in [6.07, 6.45) is 15.2. The molecule has 0 amide bonds. The number of likely N-dealkylation sites (tertiary alicyclic amines) is 1.